The minimum absolute atomic E-state index is 0.543. The van der Waals surface area contributed by atoms with E-state index in [1.807, 2.05) is 0 Å². The molecule has 3 rings (SSSR count). The molecule has 1 aromatic heterocycles. The van der Waals surface area contributed by atoms with Gasteiger partial charge in [-0.3, -0.25) is 0 Å². The van der Waals surface area contributed by atoms with Crippen molar-refractivity contribution in [3.05, 3.63) is 54.2 Å². The number of aromatic nitrogens is 3. The average Bonchev–Trinajstić information content (AvgIpc) is 2.53. The Morgan fingerprint density at radius 1 is 1.30 bits per heavy atom. The quantitative estimate of drug-likeness (QED) is 0.859. The number of rotatable bonds is 4. The lowest BCUT2D eigenvalue weighted by atomic mass is 10.0. The van der Waals surface area contributed by atoms with Crippen LogP contribution in [0.3, 0.4) is 0 Å². The zero-order valence-corrected chi connectivity index (χ0v) is 11.3. The first kappa shape index (κ1) is 12.6. The van der Waals surface area contributed by atoms with Crippen LogP contribution in [0.5, 0.6) is 0 Å². The molecule has 1 aliphatic heterocycles. The van der Waals surface area contributed by atoms with E-state index in [9.17, 15) is 0 Å². The highest BCUT2D eigenvalue weighted by molar-refractivity contribution is 5.45. The second kappa shape index (κ2) is 5.69. The lowest BCUT2D eigenvalue weighted by Crippen LogP contribution is -2.31. The van der Waals surface area contributed by atoms with E-state index in [1.54, 1.807) is 12.3 Å². The highest BCUT2D eigenvalue weighted by atomic mass is 15.3. The van der Waals surface area contributed by atoms with E-state index >= 15 is 0 Å². The van der Waals surface area contributed by atoms with Crippen LogP contribution in [-0.4, -0.2) is 28.3 Å². The number of hydrogen-bond donors (Lipinski definition) is 1. The monoisotopic (exact) mass is 267 g/mol. The smallest absolute Gasteiger partial charge is 0.244 e. The van der Waals surface area contributed by atoms with Crippen LogP contribution in [0.4, 0.5) is 11.8 Å². The van der Waals surface area contributed by atoms with Crippen molar-refractivity contribution in [1.82, 2.24) is 15.2 Å². The van der Waals surface area contributed by atoms with Crippen LogP contribution in [-0.2, 0) is 13.0 Å². The van der Waals surface area contributed by atoms with E-state index in [0.717, 1.165) is 25.3 Å². The predicted octanol–water partition coefficient (Wildman–Crippen LogP) is 2.03. The van der Waals surface area contributed by atoms with Crippen molar-refractivity contribution >= 4 is 11.8 Å². The van der Waals surface area contributed by atoms with Crippen molar-refractivity contribution in [2.45, 2.75) is 13.0 Å². The van der Waals surface area contributed by atoms with Crippen molar-refractivity contribution < 1.29 is 0 Å². The first-order valence-corrected chi connectivity index (χ1v) is 6.73. The fourth-order valence-corrected chi connectivity index (χ4v) is 2.38. The fourth-order valence-electron chi connectivity index (χ4n) is 2.38. The molecule has 0 spiro atoms. The Morgan fingerprint density at radius 2 is 2.15 bits per heavy atom. The standard InChI is InChI=1S/C15H17N5/c1-2-8-16-15-18-14(10-17-19-15)20-9-7-12-5-3-4-6-13(12)11-20/h2-6,10H,1,7-9,11H2,(H,16,18,19). The Balaban J connectivity index is 1.79. The van der Waals surface area contributed by atoms with E-state index < -0.39 is 0 Å². The third-order valence-corrected chi connectivity index (χ3v) is 3.41. The SMILES string of the molecule is C=CCNc1nncc(N2CCc3ccccc3C2)n1. The number of anilines is 2. The summed E-state index contributed by atoms with van der Waals surface area (Å²) in [6.45, 7) is 6.12. The van der Waals surface area contributed by atoms with Gasteiger partial charge in [0, 0.05) is 19.6 Å². The second-order valence-electron chi connectivity index (χ2n) is 4.75. The Kier molecular flexibility index (Phi) is 3.58. The topological polar surface area (TPSA) is 53.9 Å². The molecule has 0 saturated carbocycles. The first-order valence-electron chi connectivity index (χ1n) is 6.73. The number of nitrogens with one attached hydrogen (secondary N) is 1. The molecular weight excluding hydrogens is 250 g/mol. The van der Waals surface area contributed by atoms with Crippen LogP contribution in [0.2, 0.25) is 0 Å². The maximum atomic E-state index is 4.50. The van der Waals surface area contributed by atoms with Gasteiger partial charge in [0.1, 0.15) is 0 Å². The third-order valence-electron chi connectivity index (χ3n) is 3.41. The van der Waals surface area contributed by atoms with Gasteiger partial charge >= 0.3 is 0 Å². The van der Waals surface area contributed by atoms with Crippen LogP contribution in [0.1, 0.15) is 11.1 Å². The van der Waals surface area contributed by atoms with Gasteiger partial charge in [-0.15, -0.1) is 11.7 Å². The average molecular weight is 267 g/mol. The third kappa shape index (κ3) is 2.61. The molecule has 0 saturated heterocycles. The molecule has 0 atom stereocenters. The highest BCUT2D eigenvalue weighted by Gasteiger charge is 2.17. The van der Waals surface area contributed by atoms with E-state index in [1.165, 1.54) is 11.1 Å². The minimum atomic E-state index is 0.543. The summed E-state index contributed by atoms with van der Waals surface area (Å²) in [4.78, 5) is 6.73. The van der Waals surface area contributed by atoms with Crippen LogP contribution < -0.4 is 10.2 Å². The van der Waals surface area contributed by atoms with Gasteiger partial charge in [-0.05, 0) is 17.5 Å². The van der Waals surface area contributed by atoms with Gasteiger partial charge < -0.3 is 10.2 Å². The summed E-state index contributed by atoms with van der Waals surface area (Å²) in [5.74, 6) is 1.40. The molecule has 0 bridgehead atoms. The number of fused-ring (bicyclic) bond motifs is 1. The van der Waals surface area contributed by atoms with Gasteiger partial charge in [-0.1, -0.05) is 30.3 Å². The molecule has 5 nitrogen and oxygen atoms in total. The van der Waals surface area contributed by atoms with Gasteiger partial charge in [0.05, 0.1) is 6.20 Å². The van der Waals surface area contributed by atoms with Crippen LogP contribution in [0, 0.1) is 0 Å². The van der Waals surface area contributed by atoms with E-state index in [-0.39, 0.29) is 0 Å². The second-order valence-corrected chi connectivity index (χ2v) is 4.75. The minimum Gasteiger partial charge on any atom is -0.350 e. The van der Waals surface area contributed by atoms with Gasteiger partial charge in [0.25, 0.3) is 0 Å². The lowest BCUT2D eigenvalue weighted by molar-refractivity contribution is 0.714. The maximum Gasteiger partial charge on any atom is 0.244 e. The van der Waals surface area contributed by atoms with Crippen molar-refractivity contribution in [3.8, 4) is 0 Å². The maximum absolute atomic E-state index is 4.50. The zero-order chi connectivity index (χ0) is 13.8. The van der Waals surface area contributed by atoms with Crippen molar-refractivity contribution in [1.29, 1.82) is 0 Å². The number of nitrogens with zero attached hydrogens (tertiary/aromatic N) is 4. The summed E-state index contributed by atoms with van der Waals surface area (Å²) in [5, 5.41) is 11.1. The molecule has 0 amide bonds. The molecular formula is C15H17N5. The van der Waals surface area contributed by atoms with Crippen LogP contribution >= 0.6 is 0 Å². The Hall–Kier alpha value is -2.43. The summed E-state index contributed by atoms with van der Waals surface area (Å²) < 4.78 is 0. The summed E-state index contributed by atoms with van der Waals surface area (Å²) in [6.07, 6.45) is 4.52. The summed E-state index contributed by atoms with van der Waals surface area (Å²) in [5.41, 5.74) is 2.79. The fraction of sp³-hybridized carbons (Fsp3) is 0.267. The molecule has 1 aliphatic rings. The Labute approximate surface area is 118 Å². The molecule has 5 heteroatoms. The molecule has 20 heavy (non-hydrogen) atoms. The van der Waals surface area contributed by atoms with Crippen molar-refractivity contribution in [2.24, 2.45) is 0 Å². The summed E-state index contributed by atoms with van der Waals surface area (Å²) in [7, 11) is 0. The van der Waals surface area contributed by atoms with Crippen LogP contribution in [0.25, 0.3) is 0 Å². The Bertz CT molecular complexity index is 611. The molecule has 0 radical (unpaired) electrons. The molecule has 1 aromatic carbocycles. The predicted molar refractivity (Wildman–Crippen MR) is 79.7 cm³/mol. The zero-order valence-electron chi connectivity index (χ0n) is 11.3. The molecule has 102 valence electrons. The van der Waals surface area contributed by atoms with E-state index in [2.05, 4.69) is 56.2 Å². The largest absolute Gasteiger partial charge is 0.350 e. The summed E-state index contributed by atoms with van der Waals surface area (Å²) in [6, 6.07) is 8.55. The highest BCUT2D eigenvalue weighted by Crippen LogP contribution is 2.22. The van der Waals surface area contributed by atoms with E-state index in [4.69, 9.17) is 0 Å². The van der Waals surface area contributed by atoms with E-state index in [0.29, 0.717) is 12.5 Å². The normalized spacial score (nSPS) is 13.7. The van der Waals surface area contributed by atoms with Gasteiger partial charge in [0.15, 0.2) is 5.82 Å². The lowest BCUT2D eigenvalue weighted by Gasteiger charge is -2.29. The molecule has 2 heterocycles. The van der Waals surface area contributed by atoms with Gasteiger partial charge in [-0.2, -0.15) is 10.1 Å². The molecule has 0 unspecified atom stereocenters. The molecule has 2 aromatic rings. The molecule has 1 N–H and O–H groups in total. The number of hydrogen-bond acceptors (Lipinski definition) is 5. The molecule has 0 fully saturated rings. The molecule has 0 aliphatic carbocycles. The van der Waals surface area contributed by atoms with Crippen LogP contribution in [0.15, 0.2) is 43.1 Å². The van der Waals surface area contributed by atoms with Gasteiger partial charge in [-0.25, -0.2) is 0 Å². The summed E-state index contributed by atoms with van der Waals surface area (Å²) >= 11 is 0. The first-order chi connectivity index (χ1) is 9.86. The van der Waals surface area contributed by atoms with Crippen molar-refractivity contribution in [3.63, 3.8) is 0 Å². The van der Waals surface area contributed by atoms with Gasteiger partial charge in [0.2, 0.25) is 5.95 Å². The number of benzene rings is 1. The Morgan fingerprint density at radius 3 is 3.00 bits per heavy atom. The van der Waals surface area contributed by atoms with Crippen molar-refractivity contribution in [2.75, 3.05) is 23.3 Å².